The third-order valence-corrected chi connectivity index (χ3v) is 8.04. The fourth-order valence-electron chi connectivity index (χ4n) is 6.05. The topological polar surface area (TPSA) is 16.4 Å². The van der Waals surface area contributed by atoms with Crippen LogP contribution in [0.5, 0.6) is 0 Å². The van der Waals surface area contributed by atoms with Gasteiger partial charge in [0, 0.05) is 16.6 Å². The molecule has 8 aromatic rings. The van der Waals surface area contributed by atoms with Crippen molar-refractivity contribution in [2.24, 2.45) is 0 Å². The van der Waals surface area contributed by atoms with Gasteiger partial charge in [0.1, 0.15) is 11.2 Å². The van der Waals surface area contributed by atoms with Gasteiger partial charge in [0.2, 0.25) is 0 Å². The third-order valence-electron chi connectivity index (χ3n) is 8.04. The maximum Gasteiger partial charge on any atom is 0.137 e. The molecular formula is C40H27NO. The van der Waals surface area contributed by atoms with Gasteiger partial charge in [0.15, 0.2) is 0 Å². The van der Waals surface area contributed by atoms with Crippen molar-refractivity contribution in [1.29, 1.82) is 0 Å². The zero-order valence-electron chi connectivity index (χ0n) is 22.9. The van der Waals surface area contributed by atoms with Crippen LogP contribution in [0.15, 0.2) is 168 Å². The molecule has 0 amide bonds. The summed E-state index contributed by atoms with van der Waals surface area (Å²) in [6, 6.07) is 58.0. The number of furan rings is 1. The van der Waals surface area contributed by atoms with Crippen molar-refractivity contribution in [3.63, 3.8) is 0 Å². The van der Waals surface area contributed by atoms with Gasteiger partial charge in [0.25, 0.3) is 0 Å². The lowest BCUT2D eigenvalue weighted by molar-refractivity contribution is 0.669. The Bertz CT molecular complexity index is 2200. The minimum Gasteiger partial charge on any atom is -0.456 e. The fraction of sp³-hybridized carbons (Fsp3) is 0. The van der Waals surface area contributed by atoms with E-state index in [0.717, 1.165) is 44.6 Å². The summed E-state index contributed by atoms with van der Waals surface area (Å²) in [5.74, 6) is 0. The second-order valence-electron chi connectivity index (χ2n) is 10.6. The molecule has 0 saturated heterocycles. The molecular weight excluding hydrogens is 510 g/mol. The van der Waals surface area contributed by atoms with Gasteiger partial charge >= 0.3 is 0 Å². The van der Waals surface area contributed by atoms with E-state index in [2.05, 4.69) is 157 Å². The zero-order chi connectivity index (χ0) is 27.9. The van der Waals surface area contributed by atoms with Gasteiger partial charge in [-0.05, 0) is 69.9 Å². The molecule has 0 atom stereocenters. The minimum absolute atomic E-state index is 0.876. The van der Waals surface area contributed by atoms with Gasteiger partial charge in [-0.2, -0.15) is 0 Å². The van der Waals surface area contributed by atoms with Crippen LogP contribution < -0.4 is 4.90 Å². The predicted molar refractivity (Wildman–Crippen MR) is 177 cm³/mol. The van der Waals surface area contributed by atoms with Gasteiger partial charge < -0.3 is 9.32 Å². The van der Waals surface area contributed by atoms with Gasteiger partial charge in [-0.15, -0.1) is 0 Å². The van der Waals surface area contributed by atoms with Crippen molar-refractivity contribution in [1.82, 2.24) is 0 Å². The molecule has 0 bridgehead atoms. The van der Waals surface area contributed by atoms with Crippen LogP contribution in [0.2, 0.25) is 0 Å². The molecule has 0 fully saturated rings. The lowest BCUT2D eigenvalue weighted by Gasteiger charge is -2.29. The van der Waals surface area contributed by atoms with E-state index >= 15 is 0 Å². The second-order valence-corrected chi connectivity index (χ2v) is 10.6. The third kappa shape index (κ3) is 4.13. The minimum atomic E-state index is 0.876. The zero-order valence-corrected chi connectivity index (χ0v) is 22.9. The highest BCUT2D eigenvalue weighted by Crippen LogP contribution is 2.46. The normalized spacial score (nSPS) is 11.3. The van der Waals surface area contributed by atoms with Crippen LogP contribution in [0.4, 0.5) is 17.1 Å². The Labute approximate surface area is 244 Å². The van der Waals surface area contributed by atoms with Crippen molar-refractivity contribution in [2.75, 3.05) is 4.90 Å². The van der Waals surface area contributed by atoms with Crippen LogP contribution in [0.3, 0.4) is 0 Å². The van der Waals surface area contributed by atoms with Crippen LogP contribution in [0.25, 0.3) is 55.0 Å². The van der Waals surface area contributed by atoms with Crippen molar-refractivity contribution in [3.05, 3.63) is 164 Å². The standard InChI is InChI=1S/C40H27NO/c1-3-13-29(14-4-1)34-25-24-32(31-23-22-28-12-7-8-15-30(28)26-31)27-37(34)41(33-16-5-2-6-17-33)36-19-11-21-39-40(36)35-18-9-10-20-38(35)42-39/h1-27H. The first-order valence-corrected chi connectivity index (χ1v) is 14.3. The number of nitrogens with zero attached hydrogens (tertiary/aromatic N) is 1. The molecule has 0 aliphatic carbocycles. The van der Waals surface area contributed by atoms with E-state index in [4.69, 9.17) is 4.42 Å². The second kappa shape index (κ2) is 10.1. The average Bonchev–Trinajstić information content (AvgIpc) is 3.45. The number of fused-ring (bicyclic) bond motifs is 4. The Hall–Kier alpha value is -5.60. The van der Waals surface area contributed by atoms with Gasteiger partial charge in [-0.1, -0.05) is 121 Å². The Morgan fingerprint density at radius 3 is 1.93 bits per heavy atom. The molecule has 0 aliphatic rings. The molecule has 8 rings (SSSR count). The average molecular weight is 538 g/mol. The maximum absolute atomic E-state index is 6.34. The molecule has 1 heterocycles. The number of rotatable bonds is 5. The summed E-state index contributed by atoms with van der Waals surface area (Å²) in [4.78, 5) is 2.39. The van der Waals surface area contributed by atoms with E-state index in [1.807, 2.05) is 12.1 Å². The lowest BCUT2D eigenvalue weighted by Crippen LogP contribution is -2.11. The summed E-state index contributed by atoms with van der Waals surface area (Å²) in [6.07, 6.45) is 0. The van der Waals surface area contributed by atoms with E-state index < -0.39 is 0 Å². The van der Waals surface area contributed by atoms with Gasteiger partial charge in [-0.3, -0.25) is 0 Å². The van der Waals surface area contributed by atoms with Crippen molar-refractivity contribution in [2.45, 2.75) is 0 Å². The van der Waals surface area contributed by atoms with E-state index in [1.165, 1.54) is 27.5 Å². The van der Waals surface area contributed by atoms with E-state index in [0.29, 0.717) is 0 Å². The molecule has 198 valence electrons. The van der Waals surface area contributed by atoms with E-state index in [9.17, 15) is 0 Å². The summed E-state index contributed by atoms with van der Waals surface area (Å²) in [7, 11) is 0. The summed E-state index contributed by atoms with van der Waals surface area (Å²) in [6.45, 7) is 0. The highest BCUT2D eigenvalue weighted by Gasteiger charge is 2.22. The summed E-state index contributed by atoms with van der Waals surface area (Å²) in [5.41, 5.74) is 9.73. The fourth-order valence-corrected chi connectivity index (χ4v) is 6.05. The SMILES string of the molecule is c1ccc(-c2ccc(-c3ccc4ccccc4c3)cc2N(c2ccccc2)c2cccc3oc4ccccc4c23)cc1. The Morgan fingerprint density at radius 1 is 0.405 bits per heavy atom. The molecule has 2 heteroatoms. The molecule has 42 heavy (non-hydrogen) atoms. The van der Waals surface area contributed by atoms with Crippen LogP contribution in [0, 0.1) is 0 Å². The number of hydrogen-bond donors (Lipinski definition) is 0. The number of para-hydroxylation sites is 2. The first-order chi connectivity index (χ1) is 20.8. The smallest absolute Gasteiger partial charge is 0.137 e. The maximum atomic E-state index is 6.34. The lowest BCUT2D eigenvalue weighted by atomic mass is 9.95. The monoisotopic (exact) mass is 537 g/mol. The van der Waals surface area contributed by atoms with Crippen LogP contribution in [-0.4, -0.2) is 0 Å². The van der Waals surface area contributed by atoms with E-state index in [-0.39, 0.29) is 0 Å². The highest BCUT2D eigenvalue weighted by molar-refractivity contribution is 6.14. The molecule has 7 aromatic carbocycles. The molecule has 0 radical (unpaired) electrons. The van der Waals surface area contributed by atoms with Crippen LogP contribution >= 0.6 is 0 Å². The molecule has 0 N–H and O–H groups in total. The predicted octanol–water partition coefficient (Wildman–Crippen LogP) is 11.5. The summed E-state index contributed by atoms with van der Waals surface area (Å²) >= 11 is 0. The number of hydrogen-bond acceptors (Lipinski definition) is 2. The van der Waals surface area contributed by atoms with Crippen LogP contribution in [0.1, 0.15) is 0 Å². The Kier molecular flexibility index (Phi) is 5.82. The molecule has 1 aromatic heterocycles. The first kappa shape index (κ1) is 24.2. The molecule has 0 saturated carbocycles. The highest BCUT2D eigenvalue weighted by atomic mass is 16.3. The van der Waals surface area contributed by atoms with Crippen molar-refractivity contribution in [3.8, 4) is 22.3 Å². The molecule has 0 aliphatic heterocycles. The largest absolute Gasteiger partial charge is 0.456 e. The molecule has 0 unspecified atom stereocenters. The summed E-state index contributed by atoms with van der Waals surface area (Å²) in [5, 5.41) is 4.69. The van der Waals surface area contributed by atoms with Gasteiger partial charge in [0.05, 0.1) is 16.8 Å². The molecule has 0 spiro atoms. The summed E-state index contributed by atoms with van der Waals surface area (Å²) < 4.78 is 6.34. The van der Waals surface area contributed by atoms with E-state index in [1.54, 1.807) is 0 Å². The Morgan fingerprint density at radius 2 is 1.07 bits per heavy atom. The molecule has 2 nitrogen and oxygen atoms in total. The van der Waals surface area contributed by atoms with Crippen LogP contribution in [-0.2, 0) is 0 Å². The Balaban J connectivity index is 1.43. The first-order valence-electron chi connectivity index (χ1n) is 14.3. The van der Waals surface area contributed by atoms with Gasteiger partial charge in [-0.25, -0.2) is 0 Å². The van der Waals surface area contributed by atoms with Crippen molar-refractivity contribution >= 4 is 49.8 Å². The number of anilines is 3. The van der Waals surface area contributed by atoms with Crippen molar-refractivity contribution < 1.29 is 4.42 Å². The number of benzene rings is 7. The quantitative estimate of drug-likeness (QED) is 0.217.